The third-order valence-electron chi connectivity index (χ3n) is 4.93. The largest absolute Gasteiger partial charge is 0.372 e. The molecule has 1 fully saturated rings. The fourth-order valence-electron chi connectivity index (χ4n) is 3.34. The van der Waals surface area contributed by atoms with Gasteiger partial charge in [0, 0.05) is 24.5 Å². The number of aryl methyl sites for hydroxylation is 1. The molecule has 1 heterocycles. The van der Waals surface area contributed by atoms with Crippen molar-refractivity contribution in [2.45, 2.75) is 32.6 Å². The number of amides is 2. The monoisotopic (exact) mass is 365 g/mol. The summed E-state index contributed by atoms with van der Waals surface area (Å²) in [5.74, 6) is -0.376. The van der Waals surface area contributed by atoms with Crippen molar-refractivity contribution < 1.29 is 9.59 Å². The van der Waals surface area contributed by atoms with E-state index in [-0.39, 0.29) is 24.8 Å². The van der Waals surface area contributed by atoms with Crippen LogP contribution in [0, 0.1) is 6.92 Å². The summed E-state index contributed by atoms with van der Waals surface area (Å²) in [6.45, 7) is 4.14. The molecule has 2 aromatic rings. The zero-order chi connectivity index (χ0) is 19.1. The molecule has 1 saturated heterocycles. The van der Waals surface area contributed by atoms with Crippen molar-refractivity contribution in [1.82, 2.24) is 5.32 Å². The smallest absolute Gasteiger partial charge is 0.243 e. The third kappa shape index (κ3) is 5.58. The number of piperidine rings is 1. The van der Waals surface area contributed by atoms with Crippen molar-refractivity contribution >= 4 is 23.2 Å². The molecule has 3 rings (SSSR count). The van der Waals surface area contributed by atoms with Crippen LogP contribution in [0.1, 0.15) is 30.4 Å². The lowest BCUT2D eigenvalue weighted by atomic mass is 10.1. The summed E-state index contributed by atoms with van der Waals surface area (Å²) in [5.41, 5.74) is 3.99. The van der Waals surface area contributed by atoms with E-state index in [4.69, 9.17) is 0 Å². The number of rotatable bonds is 6. The molecule has 0 bridgehead atoms. The minimum atomic E-state index is -0.223. The number of nitrogens with zero attached hydrogens (tertiary/aromatic N) is 1. The van der Waals surface area contributed by atoms with Gasteiger partial charge < -0.3 is 15.5 Å². The Labute approximate surface area is 160 Å². The van der Waals surface area contributed by atoms with Crippen LogP contribution in [-0.4, -0.2) is 31.4 Å². The quantitative estimate of drug-likeness (QED) is 0.826. The fraction of sp³-hybridized carbons (Fsp3) is 0.364. The second-order valence-corrected chi connectivity index (χ2v) is 7.02. The van der Waals surface area contributed by atoms with Crippen LogP contribution >= 0.6 is 0 Å². The van der Waals surface area contributed by atoms with Gasteiger partial charge in [0.1, 0.15) is 0 Å². The van der Waals surface area contributed by atoms with Gasteiger partial charge in [-0.05, 0) is 61.6 Å². The predicted molar refractivity (Wildman–Crippen MR) is 109 cm³/mol. The van der Waals surface area contributed by atoms with Gasteiger partial charge in [-0.15, -0.1) is 0 Å². The topological polar surface area (TPSA) is 61.4 Å². The van der Waals surface area contributed by atoms with Crippen molar-refractivity contribution in [3.63, 3.8) is 0 Å². The van der Waals surface area contributed by atoms with E-state index in [2.05, 4.69) is 15.5 Å². The van der Waals surface area contributed by atoms with E-state index in [0.29, 0.717) is 0 Å². The van der Waals surface area contributed by atoms with E-state index < -0.39 is 0 Å². The molecule has 0 aromatic heterocycles. The van der Waals surface area contributed by atoms with Crippen molar-refractivity contribution in [2.75, 3.05) is 29.9 Å². The van der Waals surface area contributed by atoms with E-state index in [9.17, 15) is 9.59 Å². The third-order valence-corrected chi connectivity index (χ3v) is 4.93. The highest BCUT2D eigenvalue weighted by atomic mass is 16.2. The van der Waals surface area contributed by atoms with Crippen LogP contribution in [0.4, 0.5) is 11.4 Å². The lowest BCUT2D eigenvalue weighted by Gasteiger charge is -2.28. The van der Waals surface area contributed by atoms with Gasteiger partial charge in [-0.25, -0.2) is 0 Å². The molecule has 5 nitrogen and oxygen atoms in total. The van der Waals surface area contributed by atoms with E-state index in [1.165, 1.54) is 24.9 Å². The van der Waals surface area contributed by atoms with Gasteiger partial charge in [0.15, 0.2) is 0 Å². The number of anilines is 2. The second kappa shape index (κ2) is 9.21. The average Bonchev–Trinajstić information content (AvgIpc) is 2.69. The molecule has 0 radical (unpaired) electrons. The van der Waals surface area contributed by atoms with Crippen LogP contribution in [0.15, 0.2) is 48.5 Å². The molecule has 2 aromatic carbocycles. The van der Waals surface area contributed by atoms with Gasteiger partial charge in [-0.1, -0.05) is 24.3 Å². The molecule has 0 atom stereocenters. The van der Waals surface area contributed by atoms with Gasteiger partial charge >= 0.3 is 0 Å². The minimum absolute atomic E-state index is 0.0292. The van der Waals surface area contributed by atoms with Gasteiger partial charge in [0.2, 0.25) is 11.8 Å². The first kappa shape index (κ1) is 19.0. The maximum absolute atomic E-state index is 12.1. The van der Waals surface area contributed by atoms with Gasteiger partial charge in [-0.2, -0.15) is 0 Å². The molecular formula is C22H27N3O2. The summed E-state index contributed by atoms with van der Waals surface area (Å²) in [6.07, 6.45) is 4.06. The first-order valence-electron chi connectivity index (χ1n) is 9.58. The minimum Gasteiger partial charge on any atom is -0.372 e. The average molecular weight is 365 g/mol. The summed E-state index contributed by atoms with van der Waals surface area (Å²) in [7, 11) is 0. The summed E-state index contributed by atoms with van der Waals surface area (Å²) in [6, 6.07) is 15.7. The van der Waals surface area contributed by atoms with Gasteiger partial charge in [-0.3, -0.25) is 9.59 Å². The molecule has 2 N–H and O–H groups in total. The van der Waals surface area contributed by atoms with Crippen molar-refractivity contribution in [1.29, 1.82) is 0 Å². The molecule has 1 aliphatic heterocycles. The molecule has 1 aliphatic rings. The summed E-state index contributed by atoms with van der Waals surface area (Å²) in [5, 5.41) is 5.51. The highest BCUT2D eigenvalue weighted by Gasteiger charge is 2.11. The SMILES string of the molecule is Cc1ccccc1CC(=O)NCC(=O)Nc1ccc(N2CCCCC2)cc1. The zero-order valence-electron chi connectivity index (χ0n) is 15.8. The Hall–Kier alpha value is -2.82. The van der Waals surface area contributed by atoms with E-state index in [1.54, 1.807) is 0 Å². The zero-order valence-corrected chi connectivity index (χ0v) is 15.8. The van der Waals surface area contributed by atoms with Crippen molar-refractivity contribution in [2.24, 2.45) is 0 Å². The highest BCUT2D eigenvalue weighted by molar-refractivity contribution is 5.94. The summed E-state index contributed by atoms with van der Waals surface area (Å²) >= 11 is 0. The molecule has 142 valence electrons. The Morgan fingerprint density at radius 3 is 2.33 bits per heavy atom. The van der Waals surface area contributed by atoms with E-state index in [1.807, 2.05) is 55.5 Å². The number of carbonyl (C=O) groups excluding carboxylic acids is 2. The van der Waals surface area contributed by atoms with Gasteiger partial charge in [0.05, 0.1) is 13.0 Å². The molecular weight excluding hydrogens is 338 g/mol. The summed E-state index contributed by atoms with van der Waals surface area (Å²) in [4.78, 5) is 26.5. The lowest BCUT2D eigenvalue weighted by molar-refractivity contribution is -0.123. The molecule has 2 amide bonds. The standard InChI is InChI=1S/C22H27N3O2/c1-17-7-3-4-8-18(17)15-21(26)23-16-22(27)24-19-9-11-20(12-10-19)25-13-5-2-6-14-25/h3-4,7-12H,2,5-6,13-16H2,1H3,(H,23,26)(H,24,27). The Kier molecular flexibility index (Phi) is 6.47. The molecule has 0 spiro atoms. The van der Waals surface area contributed by atoms with Crippen LogP contribution in [0.25, 0.3) is 0 Å². The Balaban J connectivity index is 1.45. The molecule has 0 saturated carbocycles. The Morgan fingerprint density at radius 1 is 0.926 bits per heavy atom. The first-order valence-corrected chi connectivity index (χ1v) is 9.58. The maximum atomic E-state index is 12.1. The van der Waals surface area contributed by atoms with Crippen LogP contribution in [0.3, 0.4) is 0 Å². The fourth-order valence-corrected chi connectivity index (χ4v) is 3.34. The summed E-state index contributed by atoms with van der Waals surface area (Å²) < 4.78 is 0. The van der Waals surface area contributed by atoms with Crippen LogP contribution in [-0.2, 0) is 16.0 Å². The molecule has 5 heteroatoms. The van der Waals surface area contributed by atoms with Crippen molar-refractivity contribution in [3.05, 3.63) is 59.7 Å². The Bertz CT molecular complexity index is 780. The van der Waals surface area contributed by atoms with E-state index >= 15 is 0 Å². The second-order valence-electron chi connectivity index (χ2n) is 7.02. The van der Waals surface area contributed by atoms with Crippen LogP contribution < -0.4 is 15.5 Å². The number of hydrogen-bond acceptors (Lipinski definition) is 3. The van der Waals surface area contributed by atoms with Gasteiger partial charge in [0.25, 0.3) is 0 Å². The molecule has 0 unspecified atom stereocenters. The van der Waals surface area contributed by atoms with E-state index in [0.717, 1.165) is 29.9 Å². The normalized spacial score (nSPS) is 13.9. The highest BCUT2D eigenvalue weighted by Crippen LogP contribution is 2.21. The van der Waals surface area contributed by atoms with Crippen LogP contribution in [0.5, 0.6) is 0 Å². The number of hydrogen-bond donors (Lipinski definition) is 2. The van der Waals surface area contributed by atoms with Crippen molar-refractivity contribution in [3.8, 4) is 0 Å². The maximum Gasteiger partial charge on any atom is 0.243 e. The molecule has 0 aliphatic carbocycles. The number of benzene rings is 2. The molecule has 27 heavy (non-hydrogen) atoms. The lowest BCUT2D eigenvalue weighted by Crippen LogP contribution is -2.34. The first-order chi connectivity index (χ1) is 13.1. The Morgan fingerprint density at radius 2 is 1.63 bits per heavy atom. The predicted octanol–water partition coefficient (Wildman–Crippen LogP) is 3.28. The number of nitrogens with one attached hydrogen (secondary N) is 2. The number of carbonyl (C=O) groups is 2. The van der Waals surface area contributed by atoms with Crippen LogP contribution in [0.2, 0.25) is 0 Å².